The van der Waals surface area contributed by atoms with E-state index in [1.54, 1.807) is 18.1 Å². The smallest absolute Gasteiger partial charge is 0.282 e. The predicted octanol–water partition coefficient (Wildman–Crippen LogP) is 7.08. The molecule has 1 amide bonds. The number of thioether (sulfide) groups is 1. The zero-order chi connectivity index (χ0) is 26.9. The maximum atomic E-state index is 13.1. The summed E-state index contributed by atoms with van der Waals surface area (Å²) in [5, 5.41) is 0.0611. The van der Waals surface area contributed by atoms with Gasteiger partial charge in [-0.25, -0.2) is 0 Å². The lowest BCUT2D eigenvalue weighted by molar-refractivity contribution is -0.117. The van der Waals surface area contributed by atoms with Crippen molar-refractivity contribution in [3.8, 4) is 17.6 Å². The number of nitrogens with zero attached hydrogens (tertiary/aromatic N) is 1. The molecule has 1 aromatic carbocycles. The fraction of sp³-hybridized carbons (Fsp3) is 0.586. The van der Waals surface area contributed by atoms with Crippen molar-refractivity contribution in [3.05, 3.63) is 42.0 Å². The average molecular weight is 530 g/mol. The summed E-state index contributed by atoms with van der Waals surface area (Å²) in [4.78, 5) is 27.3. The molecule has 0 aliphatic carbocycles. The number of ether oxygens (including phenoxy) is 1. The molecule has 1 fully saturated rings. The number of methoxy groups -OCH3 is 1. The first-order valence-corrected chi connectivity index (χ1v) is 16.6. The molecule has 1 heterocycles. The monoisotopic (exact) mass is 529 g/mol. The van der Waals surface area contributed by atoms with E-state index < -0.39 is 14.4 Å². The van der Waals surface area contributed by atoms with Crippen LogP contribution in [0.15, 0.2) is 36.4 Å². The van der Waals surface area contributed by atoms with E-state index in [-0.39, 0.29) is 22.2 Å². The van der Waals surface area contributed by atoms with E-state index in [0.29, 0.717) is 24.6 Å². The van der Waals surface area contributed by atoms with Gasteiger partial charge in [0, 0.05) is 24.3 Å². The highest BCUT2D eigenvalue weighted by Gasteiger charge is 2.39. The lowest BCUT2D eigenvalue weighted by Gasteiger charge is -2.39. The molecule has 1 saturated heterocycles. The second-order valence-corrected chi connectivity index (χ2v) is 16.7. The van der Waals surface area contributed by atoms with Crippen LogP contribution in [0.4, 0.5) is 4.79 Å². The van der Waals surface area contributed by atoms with Crippen LogP contribution in [-0.4, -0.2) is 49.2 Å². The summed E-state index contributed by atoms with van der Waals surface area (Å²) in [7, 11) is -0.328. The fourth-order valence-electron chi connectivity index (χ4n) is 3.81. The number of carbonyl (C=O) groups is 2. The Hall–Kier alpha value is -2.01. The molecule has 1 aromatic rings. The van der Waals surface area contributed by atoms with Crippen molar-refractivity contribution in [3.63, 3.8) is 0 Å². The standard InChI is InChI=1S/C29H43NO4SSi/c1-9-11-22(2)14-17-25(34-36(7,8)29(3,4)5)12-10-13-27(31)26-21-35-28(32)30(26)20-23-15-18-24(33-6)19-16-23/h10,13,15-16,18-19,22,25-26H,12,14,17,20-21H2,1-8H3/b13-10+/t22-,25+,26+/m1/s1. The molecule has 5 nitrogen and oxygen atoms in total. The van der Waals surface area contributed by atoms with Gasteiger partial charge in [0.1, 0.15) is 11.8 Å². The van der Waals surface area contributed by atoms with Crippen LogP contribution in [0.3, 0.4) is 0 Å². The first-order chi connectivity index (χ1) is 16.9. The van der Waals surface area contributed by atoms with E-state index in [1.807, 2.05) is 37.3 Å². The maximum absolute atomic E-state index is 13.1. The molecule has 0 aromatic heterocycles. The van der Waals surface area contributed by atoms with Crippen molar-refractivity contribution in [1.82, 2.24) is 4.90 Å². The van der Waals surface area contributed by atoms with Gasteiger partial charge < -0.3 is 14.1 Å². The van der Waals surface area contributed by atoms with Gasteiger partial charge in [0.2, 0.25) is 0 Å². The van der Waals surface area contributed by atoms with E-state index in [1.165, 1.54) is 11.8 Å². The Labute approximate surface area is 223 Å². The molecule has 198 valence electrons. The number of benzene rings is 1. The van der Waals surface area contributed by atoms with Crippen LogP contribution in [0.1, 0.15) is 59.4 Å². The van der Waals surface area contributed by atoms with Gasteiger partial charge in [-0.2, -0.15) is 0 Å². The molecular weight excluding hydrogens is 486 g/mol. The van der Waals surface area contributed by atoms with Crippen molar-refractivity contribution in [2.75, 3.05) is 12.9 Å². The van der Waals surface area contributed by atoms with Crippen LogP contribution in [-0.2, 0) is 15.8 Å². The Morgan fingerprint density at radius 2 is 1.92 bits per heavy atom. The van der Waals surface area contributed by atoms with Gasteiger partial charge in [-0.3, -0.25) is 9.59 Å². The second-order valence-electron chi connectivity index (χ2n) is 11.0. The minimum absolute atomic E-state index is 0.0295. The molecule has 0 saturated carbocycles. The number of amides is 1. The number of carbonyl (C=O) groups excluding carboxylic acids is 2. The second kappa shape index (κ2) is 13.5. The molecule has 36 heavy (non-hydrogen) atoms. The van der Waals surface area contributed by atoms with E-state index in [2.05, 4.69) is 52.6 Å². The normalized spacial score (nSPS) is 18.2. The van der Waals surface area contributed by atoms with Crippen LogP contribution in [0, 0.1) is 17.8 Å². The zero-order valence-electron chi connectivity index (χ0n) is 23.2. The summed E-state index contributed by atoms with van der Waals surface area (Å²) >= 11 is 1.21. The SMILES string of the molecule is CC#C[C@@H](C)CC[C@H](C/C=C/C(=O)[C@@H]1CSC(=O)N1Cc1ccc(OC)cc1)O[Si](C)(C)C(C)(C)C. The first kappa shape index (κ1) is 30.2. The van der Waals surface area contributed by atoms with Gasteiger partial charge in [0.25, 0.3) is 5.24 Å². The highest BCUT2D eigenvalue weighted by Crippen LogP contribution is 2.38. The first-order valence-electron chi connectivity index (χ1n) is 12.7. The highest BCUT2D eigenvalue weighted by atomic mass is 32.2. The molecule has 3 atom stereocenters. The van der Waals surface area contributed by atoms with Crippen LogP contribution >= 0.6 is 11.8 Å². The number of hydrogen-bond acceptors (Lipinski definition) is 5. The Morgan fingerprint density at radius 1 is 1.25 bits per heavy atom. The van der Waals surface area contributed by atoms with Gasteiger partial charge in [0.05, 0.1) is 7.11 Å². The lowest BCUT2D eigenvalue weighted by atomic mass is 10.0. The lowest BCUT2D eigenvalue weighted by Crippen LogP contribution is -2.44. The summed E-state index contributed by atoms with van der Waals surface area (Å²) < 4.78 is 11.9. The Morgan fingerprint density at radius 3 is 2.50 bits per heavy atom. The molecule has 7 heteroatoms. The molecule has 0 N–H and O–H groups in total. The summed E-state index contributed by atoms with van der Waals surface area (Å²) in [6.45, 7) is 15.7. The third-order valence-electron chi connectivity index (χ3n) is 7.08. The van der Waals surface area contributed by atoms with Gasteiger partial charge in [0.15, 0.2) is 14.1 Å². The number of ketones is 1. The van der Waals surface area contributed by atoms with Crippen LogP contribution in [0.25, 0.3) is 0 Å². The topological polar surface area (TPSA) is 55.8 Å². The third kappa shape index (κ3) is 8.83. The Bertz CT molecular complexity index is 972. The third-order valence-corrected chi connectivity index (χ3v) is 12.6. The largest absolute Gasteiger partial charge is 0.497 e. The summed E-state index contributed by atoms with van der Waals surface area (Å²) in [5.74, 6) is 7.77. The molecule has 0 spiro atoms. The number of rotatable bonds is 12. The minimum Gasteiger partial charge on any atom is -0.497 e. The Balaban J connectivity index is 2.06. The molecule has 1 aliphatic heterocycles. The average Bonchev–Trinajstić information content (AvgIpc) is 3.17. The summed E-state index contributed by atoms with van der Waals surface area (Å²) in [6.07, 6.45) is 6.19. The van der Waals surface area contributed by atoms with Gasteiger partial charge >= 0.3 is 0 Å². The van der Waals surface area contributed by atoms with Gasteiger partial charge in [-0.1, -0.05) is 57.7 Å². The summed E-state index contributed by atoms with van der Waals surface area (Å²) in [6, 6.07) is 7.16. The minimum atomic E-state index is -1.95. The summed E-state index contributed by atoms with van der Waals surface area (Å²) in [5.41, 5.74) is 0.973. The van der Waals surface area contributed by atoms with Crippen molar-refractivity contribution in [2.45, 2.75) is 90.7 Å². The van der Waals surface area contributed by atoms with Gasteiger partial charge in [-0.15, -0.1) is 11.8 Å². The number of hydrogen-bond donors (Lipinski definition) is 0. The quantitative estimate of drug-likeness (QED) is 0.165. The Kier molecular flexibility index (Phi) is 11.3. The molecule has 0 radical (unpaired) electrons. The molecular formula is C29H43NO4SSi. The van der Waals surface area contributed by atoms with Crippen molar-refractivity contribution in [2.24, 2.45) is 5.92 Å². The zero-order valence-corrected chi connectivity index (χ0v) is 25.0. The van der Waals surface area contributed by atoms with Crippen molar-refractivity contribution >= 4 is 31.1 Å². The van der Waals surface area contributed by atoms with E-state index in [9.17, 15) is 9.59 Å². The molecule has 2 rings (SSSR count). The van der Waals surface area contributed by atoms with Gasteiger partial charge in [-0.05, 0) is 68.1 Å². The van der Waals surface area contributed by atoms with Crippen LogP contribution < -0.4 is 4.74 Å². The molecule has 0 bridgehead atoms. The highest BCUT2D eigenvalue weighted by molar-refractivity contribution is 8.13. The van der Waals surface area contributed by atoms with Crippen LogP contribution in [0.5, 0.6) is 5.75 Å². The van der Waals surface area contributed by atoms with Crippen molar-refractivity contribution < 1.29 is 18.8 Å². The predicted molar refractivity (Wildman–Crippen MR) is 153 cm³/mol. The molecule has 0 unspecified atom stereocenters. The van der Waals surface area contributed by atoms with E-state index in [4.69, 9.17) is 9.16 Å². The van der Waals surface area contributed by atoms with Crippen LogP contribution in [0.2, 0.25) is 18.1 Å². The van der Waals surface area contributed by atoms with Crippen molar-refractivity contribution in [1.29, 1.82) is 0 Å². The molecule has 1 aliphatic rings. The van der Waals surface area contributed by atoms with E-state index in [0.717, 1.165) is 24.2 Å². The fourth-order valence-corrected chi connectivity index (χ4v) is 6.21. The van der Waals surface area contributed by atoms with E-state index >= 15 is 0 Å². The maximum Gasteiger partial charge on any atom is 0.282 e.